The third-order valence-electron chi connectivity index (χ3n) is 4.82. The van der Waals surface area contributed by atoms with Gasteiger partial charge in [0.2, 0.25) is 5.95 Å². The molecule has 7 nitrogen and oxygen atoms in total. The molecule has 128 valence electrons. The largest absolute Gasteiger partial charge is 0.341 e. The van der Waals surface area contributed by atoms with Crippen LogP contribution in [0.1, 0.15) is 24.2 Å². The Hall–Kier alpha value is -1.25. The van der Waals surface area contributed by atoms with Crippen LogP contribution in [0.3, 0.4) is 0 Å². The monoisotopic (exact) mass is 339 g/mol. The molecule has 2 N–H and O–H groups in total. The molecule has 0 amide bonds. The molecule has 1 aromatic rings. The third-order valence-corrected chi connectivity index (χ3v) is 6.38. The molecule has 0 spiro atoms. The van der Waals surface area contributed by atoms with Crippen LogP contribution in [0.25, 0.3) is 0 Å². The van der Waals surface area contributed by atoms with Crippen LogP contribution in [0.4, 0.5) is 5.95 Å². The van der Waals surface area contributed by atoms with Crippen molar-refractivity contribution in [2.24, 2.45) is 5.92 Å². The van der Waals surface area contributed by atoms with E-state index in [-0.39, 0.29) is 11.3 Å². The molecule has 0 aliphatic carbocycles. The fourth-order valence-corrected chi connectivity index (χ4v) is 4.85. The second-order valence-corrected chi connectivity index (χ2v) is 8.96. The van der Waals surface area contributed by atoms with Crippen molar-refractivity contribution in [3.8, 4) is 0 Å². The zero-order valence-electron chi connectivity index (χ0n) is 13.9. The number of hydrogen-bond donors (Lipinski definition) is 2. The topological polar surface area (TPSA) is 87.2 Å². The van der Waals surface area contributed by atoms with Gasteiger partial charge in [0, 0.05) is 43.3 Å². The summed E-state index contributed by atoms with van der Waals surface area (Å²) in [6.07, 6.45) is 3.22. The minimum absolute atomic E-state index is 0.00712. The quantitative estimate of drug-likeness (QED) is 0.813. The van der Waals surface area contributed by atoms with Gasteiger partial charge in [-0.25, -0.2) is 18.4 Å². The number of rotatable bonds is 3. The van der Waals surface area contributed by atoms with E-state index in [0.29, 0.717) is 12.5 Å². The SMILES string of the molecule is Cc1cc(C)nc(N2CCC(C3NNCC3S(C)(=O)=O)CC2)n1. The Balaban J connectivity index is 1.66. The van der Waals surface area contributed by atoms with Gasteiger partial charge < -0.3 is 4.90 Å². The molecule has 2 fully saturated rings. The third kappa shape index (κ3) is 3.64. The van der Waals surface area contributed by atoms with Crippen LogP contribution in [0, 0.1) is 19.8 Å². The molecule has 2 unspecified atom stereocenters. The van der Waals surface area contributed by atoms with Crippen molar-refractivity contribution in [2.45, 2.75) is 38.0 Å². The Morgan fingerprint density at radius 3 is 2.35 bits per heavy atom. The highest BCUT2D eigenvalue weighted by molar-refractivity contribution is 7.91. The number of anilines is 1. The minimum atomic E-state index is -3.04. The Labute approximate surface area is 137 Å². The first-order chi connectivity index (χ1) is 10.8. The van der Waals surface area contributed by atoms with Crippen molar-refractivity contribution in [3.05, 3.63) is 17.5 Å². The number of hydrogen-bond acceptors (Lipinski definition) is 7. The lowest BCUT2D eigenvalue weighted by Crippen LogP contribution is -2.48. The van der Waals surface area contributed by atoms with Gasteiger partial charge in [-0.05, 0) is 38.7 Å². The van der Waals surface area contributed by atoms with E-state index in [9.17, 15) is 8.42 Å². The molecule has 3 heterocycles. The van der Waals surface area contributed by atoms with E-state index >= 15 is 0 Å². The highest BCUT2D eigenvalue weighted by atomic mass is 32.2. The molecule has 1 aromatic heterocycles. The summed E-state index contributed by atoms with van der Waals surface area (Å²) < 4.78 is 23.9. The highest BCUT2D eigenvalue weighted by Crippen LogP contribution is 2.28. The lowest BCUT2D eigenvalue weighted by atomic mass is 9.88. The zero-order valence-corrected chi connectivity index (χ0v) is 14.7. The summed E-state index contributed by atoms with van der Waals surface area (Å²) in [6, 6.07) is 1.97. The molecular formula is C15H25N5O2S. The number of nitrogens with zero attached hydrogens (tertiary/aromatic N) is 3. The van der Waals surface area contributed by atoms with Gasteiger partial charge in [-0.3, -0.25) is 10.9 Å². The molecule has 0 bridgehead atoms. The first-order valence-electron chi connectivity index (χ1n) is 8.09. The molecule has 2 atom stereocenters. The maximum atomic E-state index is 11.9. The number of aromatic nitrogens is 2. The number of nitrogens with one attached hydrogen (secondary N) is 2. The normalized spacial score (nSPS) is 26.7. The van der Waals surface area contributed by atoms with Crippen LogP contribution < -0.4 is 15.8 Å². The van der Waals surface area contributed by atoms with Gasteiger partial charge in [0.05, 0.1) is 5.25 Å². The van der Waals surface area contributed by atoms with Crippen molar-refractivity contribution in [2.75, 3.05) is 30.8 Å². The standard InChI is InChI=1S/C15H25N5O2S/c1-10-8-11(2)18-15(17-10)20-6-4-12(5-7-20)14-13(9-16-19-14)23(3,21)22/h8,12-14,16,19H,4-7,9H2,1-3H3. The number of sulfone groups is 1. The maximum absolute atomic E-state index is 11.9. The van der Waals surface area contributed by atoms with Crippen molar-refractivity contribution < 1.29 is 8.42 Å². The zero-order chi connectivity index (χ0) is 16.6. The van der Waals surface area contributed by atoms with Crippen LogP contribution in [-0.2, 0) is 9.84 Å². The molecule has 3 rings (SSSR count). The average molecular weight is 339 g/mol. The van der Waals surface area contributed by atoms with E-state index in [4.69, 9.17) is 0 Å². The molecular weight excluding hydrogens is 314 g/mol. The average Bonchev–Trinajstić information content (AvgIpc) is 2.96. The molecule has 2 aliphatic rings. The maximum Gasteiger partial charge on any atom is 0.225 e. The van der Waals surface area contributed by atoms with Crippen LogP contribution in [0.15, 0.2) is 6.07 Å². The lowest BCUT2D eigenvalue weighted by Gasteiger charge is -2.36. The fraction of sp³-hybridized carbons (Fsp3) is 0.733. The number of aryl methyl sites for hydroxylation is 2. The van der Waals surface area contributed by atoms with Crippen LogP contribution in [0.5, 0.6) is 0 Å². The molecule has 0 saturated carbocycles. The van der Waals surface area contributed by atoms with Crippen molar-refractivity contribution in [1.29, 1.82) is 0 Å². The lowest BCUT2D eigenvalue weighted by molar-refractivity contribution is 0.310. The van der Waals surface area contributed by atoms with Gasteiger partial charge in [0.25, 0.3) is 0 Å². The Morgan fingerprint density at radius 1 is 1.17 bits per heavy atom. The second kappa shape index (κ2) is 6.33. The number of hydrazine groups is 1. The van der Waals surface area contributed by atoms with Crippen LogP contribution in [0.2, 0.25) is 0 Å². The van der Waals surface area contributed by atoms with E-state index in [1.165, 1.54) is 6.26 Å². The molecule has 8 heteroatoms. The minimum Gasteiger partial charge on any atom is -0.341 e. The first-order valence-corrected chi connectivity index (χ1v) is 10.0. The molecule has 2 saturated heterocycles. The Bertz CT molecular complexity index is 650. The predicted molar refractivity (Wildman–Crippen MR) is 90.0 cm³/mol. The highest BCUT2D eigenvalue weighted by Gasteiger charge is 2.40. The van der Waals surface area contributed by atoms with Gasteiger partial charge >= 0.3 is 0 Å². The van der Waals surface area contributed by atoms with E-state index in [0.717, 1.165) is 43.3 Å². The fourth-order valence-electron chi connectivity index (χ4n) is 3.64. The molecule has 0 radical (unpaired) electrons. The predicted octanol–water partition coefficient (Wildman–Crippen LogP) is 0.199. The van der Waals surface area contributed by atoms with Crippen molar-refractivity contribution in [3.63, 3.8) is 0 Å². The van der Waals surface area contributed by atoms with Crippen LogP contribution in [-0.4, -0.2) is 55.6 Å². The van der Waals surface area contributed by atoms with E-state index < -0.39 is 9.84 Å². The van der Waals surface area contributed by atoms with Gasteiger partial charge in [-0.1, -0.05) is 0 Å². The van der Waals surface area contributed by atoms with Crippen LogP contribution >= 0.6 is 0 Å². The first kappa shape index (κ1) is 16.6. The summed E-state index contributed by atoms with van der Waals surface area (Å²) in [4.78, 5) is 11.3. The van der Waals surface area contributed by atoms with E-state index in [1.807, 2.05) is 19.9 Å². The van der Waals surface area contributed by atoms with Crippen molar-refractivity contribution >= 4 is 15.8 Å². The Kier molecular flexibility index (Phi) is 4.57. The van der Waals surface area contributed by atoms with Gasteiger partial charge in [-0.15, -0.1) is 0 Å². The molecule has 23 heavy (non-hydrogen) atoms. The van der Waals surface area contributed by atoms with E-state index in [2.05, 4.69) is 25.7 Å². The number of piperidine rings is 1. The van der Waals surface area contributed by atoms with Gasteiger partial charge in [-0.2, -0.15) is 0 Å². The smallest absolute Gasteiger partial charge is 0.225 e. The van der Waals surface area contributed by atoms with Gasteiger partial charge in [0.15, 0.2) is 9.84 Å². The molecule has 2 aliphatic heterocycles. The summed E-state index contributed by atoms with van der Waals surface area (Å²) in [6.45, 7) is 6.18. The summed E-state index contributed by atoms with van der Waals surface area (Å²) in [7, 11) is -3.04. The van der Waals surface area contributed by atoms with Crippen molar-refractivity contribution in [1.82, 2.24) is 20.8 Å². The summed E-state index contributed by atoms with van der Waals surface area (Å²) in [5, 5.41) is -0.337. The summed E-state index contributed by atoms with van der Waals surface area (Å²) in [5.74, 6) is 1.14. The summed E-state index contributed by atoms with van der Waals surface area (Å²) >= 11 is 0. The van der Waals surface area contributed by atoms with E-state index in [1.54, 1.807) is 0 Å². The second-order valence-electron chi connectivity index (χ2n) is 6.69. The Morgan fingerprint density at radius 2 is 1.78 bits per heavy atom. The van der Waals surface area contributed by atoms with Gasteiger partial charge in [0.1, 0.15) is 0 Å². The molecule has 0 aromatic carbocycles. The summed E-state index contributed by atoms with van der Waals surface area (Å²) in [5.41, 5.74) is 8.15.